The second-order valence-corrected chi connectivity index (χ2v) is 5.02. The van der Waals surface area contributed by atoms with E-state index in [-0.39, 0.29) is 17.3 Å². The number of anilines is 1. The van der Waals surface area contributed by atoms with Gasteiger partial charge in [-0.15, -0.1) is 0 Å². The summed E-state index contributed by atoms with van der Waals surface area (Å²) in [5.41, 5.74) is 5.93. The number of thiazole rings is 1. The summed E-state index contributed by atoms with van der Waals surface area (Å²) in [4.78, 5) is 4.76. The van der Waals surface area contributed by atoms with Crippen molar-refractivity contribution in [1.82, 2.24) is 4.98 Å². The fourth-order valence-electron chi connectivity index (χ4n) is 1.65. The first-order valence-electron chi connectivity index (χ1n) is 5.53. The van der Waals surface area contributed by atoms with Gasteiger partial charge in [0, 0.05) is 18.7 Å². The maximum absolute atomic E-state index is 13.8. The van der Waals surface area contributed by atoms with Crippen LogP contribution < -0.4 is 11.1 Å². The van der Waals surface area contributed by atoms with Gasteiger partial charge in [-0.3, -0.25) is 0 Å². The van der Waals surface area contributed by atoms with E-state index in [9.17, 15) is 13.2 Å². The van der Waals surface area contributed by atoms with E-state index in [0.717, 1.165) is 12.1 Å². The van der Waals surface area contributed by atoms with Gasteiger partial charge in [-0.25, -0.2) is 18.2 Å². The summed E-state index contributed by atoms with van der Waals surface area (Å²) in [6.07, 6.45) is 0. The molecule has 0 fully saturated rings. The molecule has 1 heterocycles. The quantitative estimate of drug-likeness (QED) is 0.852. The molecule has 1 unspecified atom stereocenters. The lowest BCUT2D eigenvalue weighted by atomic mass is 10.1. The zero-order chi connectivity index (χ0) is 14.2. The van der Waals surface area contributed by atoms with Crippen LogP contribution in [0.1, 0.15) is 17.8 Å². The summed E-state index contributed by atoms with van der Waals surface area (Å²) >= 11 is 1.25. The second kappa shape index (κ2) is 5.18. The first-order chi connectivity index (χ1) is 8.95. The molecular formula is C12H12F3N3S. The first-order valence-corrected chi connectivity index (χ1v) is 6.35. The van der Waals surface area contributed by atoms with Gasteiger partial charge in [-0.1, -0.05) is 11.3 Å². The molecule has 1 aromatic carbocycles. The van der Waals surface area contributed by atoms with Crippen LogP contribution >= 0.6 is 11.3 Å². The number of hydrogen-bond donors (Lipinski definition) is 2. The van der Waals surface area contributed by atoms with Gasteiger partial charge in [0.15, 0.2) is 22.6 Å². The summed E-state index contributed by atoms with van der Waals surface area (Å²) in [7, 11) is 1.66. The normalized spacial score (nSPS) is 12.5. The molecule has 19 heavy (non-hydrogen) atoms. The van der Waals surface area contributed by atoms with Crippen molar-refractivity contribution in [2.75, 3.05) is 12.4 Å². The fraction of sp³-hybridized carbons (Fsp3) is 0.250. The van der Waals surface area contributed by atoms with Crippen molar-refractivity contribution in [3.8, 4) is 11.3 Å². The number of halogens is 3. The minimum Gasteiger partial charge on any atom is -0.365 e. The van der Waals surface area contributed by atoms with Crippen molar-refractivity contribution in [2.45, 2.75) is 13.0 Å². The van der Waals surface area contributed by atoms with Crippen molar-refractivity contribution in [2.24, 2.45) is 5.73 Å². The topological polar surface area (TPSA) is 50.9 Å². The third-order valence-electron chi connectivity index (χ3n) is 2.57. The largest absolute Gasteiger partial charge is 0.365 e. The van der Waals surface area contributed by atoms with Crippen LogP contribution in [-0.4, -0.2) is 12.0 Å². The number of nitrogens with one attached hydrogen (secondary N) is 1. The van der Waals surface area contributed by atoms with Crippen LogP contribution in [0.2, 0.25) is 0 Å². The van der Waals surface area contributed by atoms with E-state index in [2.05, 4.69) is 10.3 Å². The van der Waals surface area contributed by atoms with E-state index >= 15 is 0 Å². The molecular weight excluding hydrogens is 275 g/mol. The predicted octanol–water partition coefficient (Wildman–Crippen LogP) is 3.29. The Morgan fingerprint density at radius 2 is 1.95 bits per heavy atom. The monoisotopic (exact) mass is 287 g/mol. The van der Waals surface area contributed by atoms with E-state index in [1.54, 1.807) is 14.0 Å². The lowest BCUT2D eigenvalue weighted by molar-refractivity contribution is 0.449. The Hall–Kier alpha value is -1.60. The second-order valence-electron chi connectivity index (χ2n) is 3.99. The molecule has 2 aromatic rings. The Bertz CT molecular complexity index is 611. The van der Waals surface area contributed by atoms with Gasteiger partial charge in [-0.2, -0.15) is 0 Å². The molecule has 0 saturated heterocycles. The molecule has 102 valence electrons. The van der Waals surface area contributed by atoms with Gasteiger partial charge in [0.05, 0.1) is 10.6 Å². The molecule has 0 bridgehead atoms. The molecule has 2 rings (SSSR count). The minimum atomic E-state index is -1.51. The maximum Gasteiger partial charge on any atom is 0.195 e. The zero-order valence-electron chi connectivity index (χ0n) is 10.3. The molecule has 0 aliphatic rings. The van der Waals surface area contributed by atoms with Crippen molar-refractivity contribution in [3.05, 3.63) is 34.5 Å². The van der Waals surface area contributed by atoms with Crippen molar-refractivity contribution >= 4 is 16.5 Å². The number of rotatable bonds is 3. The average Bonchev–Trinajstić information content (AvgIpc) is 2.80. The Kier molecular flexibility index (Phi) is 3.77. The van der Waals surface area contributed by atoms with Gasteiger partial charge >= 0.3 is 0 Å². The number of nitrogens with zero attached hydrogens (tertiary/aromatic N) is 1. The van der Waals surface area contributed by atoms with Gasteiger partial charge in [0.25, 0.3) is 0 Å². The van der Waals surface area contributed by atoms with Crippen LogP contribution in [-0.2, 0) is 0 Å². The highest BCUT2D eigenvalue weighted by atomic mass is 32.1. The minimum absolute atomic E-state index is 0.0936. The molecule has 7 heteroatoms. The molecule has 0 aliphatic carbocycles. The smallest absolute Gasteiger partial charge is 0.195 e. The van der Waals surface area contributed by atoms with Crippen molar-refractivity contribution in [1.29, 1.82) is 0 Å². The van der Waals surface area contributed by atoms with Crippen LogP contribution in [0.5, 0.6) is 0 Å². The van der Waals surface area contributed by atoms with Crippen LogP contribution in [0, 0.1) is 17.5 Å². The molecule has 0 amide bonds. The summed E-state index contributed by atoms with van der Waals surface area (Å²) in [5.74, 6) is -3.99. The van der Waals surface area contributed by atoms with Gasteiger partial charge in [-0.05, 0) is 19.1 Å². The zero-order valence-corrected chi connectivity index (χ0v) is 11.1. The van der Waals surface area contributed by atoms with Crippen molar-refractivity contribution < 1.29 is 13.2 Å². The summed E-state index contributed by atoms with van der Waals surface area (Å²) < 4.78 is 40.0. The Labute approximate surface area is 112 Å². The van der Waals surface area contributed by atoms with Gasteiger partial charge in [0.1, 0.15) is 0 Å². The maximum atomic E-state index is 13.8. The Morgan fingerprint density at radius 3 is 2.53 bits per heavy atom. The van der Waals surface area contributed by atoms with Crippen molar-refractivity contribution in [3.63, 3.8) is 0 Å². The Morgan fingerprint density at radius 1 is 1.26 bits per heavy atom. The van der Waals surface area contributed by atoms with E-state index in [1.165, 1.54) is 11.3 Å². The highest BCUT2D eigenvalue weighted by molar-refractivity contribution is 7.16. The summed E-state index contributed by atoms with van der Waals surface area (Å²) in [6.45, 7) is 1.72. The van der Waals surface area contributed by atoms with E-state index in [0.29, 0.717) is 10.0 Å². The molecule has 0 saturated carbocycles. The van der Waals surface area contributed by atoms with Crippen LogP contribution in [0.3, 0.4) is 0 Å². The average molecular weight is 287 g/mol. The van der Waals surface area contributed by atoms with Gasteiger partial charge in [0.2, 0.25) is 0 Å². The molecule has 3 N–H and O–H groups in total. The molecule has 1 atom stereocenters. The molecule has 3 nitrogen and oxygen atoms in total. The predicted molar refractivity (Wildman–Crippen MR) is 69.6 cm³/mol. The first kappa shape index (κ1) is 13.8. The van der Waals surface area contributed by atoms with E-state index in [4.69, 9.17) is 5.73 Å². The van der Waals surface area contributed by atoms with Crippen LogP contribution in [0.25, 0.3) is 11.3 Å². The Balaban J connectivity index is 2.64. The highest BCUT2D eigenvalue weighted by Crippen LogP contribution is 2.36. The lowest BCUT2D eigenvalue weighted by Gasteiger charge is -2.07. The SMILES string of the molecule is CNc1nc(-c2ccc(F)c(F)c2F)c(C(C)N)s1. The molecule has 0 radical (unpaired) electrons. The van der Waals surface area contributed by atoms with E-state index in [1.807, 2.05) is 0 Å². The standard InChI is InChI=1S/C12H12F3N3S/c1-5(16)11-10(18-12(17-2)19-11)6-3-4-7(13)9(15)8(6)14/h3-5H,16H2,1-2H3,(H,17,18). The number of nitrogens with two attached hydrogens (primary N) is 1. The van der Waals surface area contributed by atoms with Crippen LogP contribution in [0.15, 0.2) is 12.1 Å². The summed E-state index contributed by atoms with van der Waals surface area (Å²) in [6, 6.07) is 1.65. The van der Waals surface area contributed by atoms with E-state index < -0.39 is 17.5 Å². The molecule has 1 aromatic heterocycles. The molecule has 0 spiro atoms. The van der Waals surface area contributed by atoms with Crippen LogP contribution in [0.4, 0.5) is 18.3 Å². The fourth-order valence-corrected chi connectivity index (χ4v) is 2.53. The highest BCUT2D eigenvalue weighted by Gasteiger charge is 2.22. The number of hydrogen-bond acceptors (Lipinski definition) is 4. The molecule has 0 aliphatic heterocycles. The third-order valence-corrected chi connectivity index (χ3v) is 3.84. The summed E-state index contributed by atoms with van der Waals surface area (Å²) in [5, 5.41) is 3.35. The third kappa shape index (κ3) is 2.43. The lowest BCUT2D eigenvalue weighted by Crippen LogP contribution is -2.05. The number of aromatic nitrogens is 1. The number of benzene rings is 1. The van der Waals surface area contributed by atoms with Gasteiger partial charge < -0.3 is 11.1 Å².